The largest absolute Gasteiger partial charge is 0.416 e. The number of rotatable bonds is 3. The molecule has 0 aliphatic carbocycles. The summed E-state index contributed by atoms with van der Waals surface area (Å²) in [5, 5.41) is 14.8. The first kappa shape index (κ1) is 18.2. The highest BCUT2D eigenvalue weighted by Gasteiger charge is 2.32. The maximum absolute atomic E-state index is 13.1. The van der Waals surface area contributed by atoms with Gasteiger partial charge in [-0.1, -0.05) is 17.7 Å². The van der Waals surface area contributed by atoms with Crippen LogP contribution in [-0.2, 0) is 6.18 Å². The van der Waals surface area contributed by atoms with Crippen LogP contribution < -0.4 is 5.73 Å². The van der Waals surface area contributed by atoms with Crippen LogP contribution in [0.2, 0.25) is 5.02 Å². The number of nitrogen functional groups attached to an aromatic ring is 1. The van der Waals surface area contributed by atoms with Crippen molar-refractivity contribution in [2.75, 3.05) is 5.73 Å². The Labute approximate surface area is 151 Å². The van der Waals surface area contributed by atoms with E-state index in [0.717, 1.165) is 6.07 Å². The van der Waals surface area contributed by atoms with E-state index in [9.17, 15) is 18.3 Å². The average molecular weight is 383 g/mol. The van der Waals surface area contributed by atoms with Gasteiger partial charge in [0.25, 0.3) is 0 Å². The van der Waals surface area contributed by atoms with Crippen molar-refractivity contribution in [3.63, 3.8) is 0 Å². The molecule has 136 valence electrons. The molecule has 0 aliphatic rings. The minimum atomic E-state index is -4.46. The lowest BCUT2D eigenvalue weighted by Crippen LogP contribution is -2.09. The molecule has 1 atom stereocenters. The molecule has 1 unspecified atom stereocenters. The molecule has 5 nitrogen and oxygen atoms in total. The summed E-state index contributed by atoms with van der Waals surface area (Å²) in [6.45, 7) is 1.39. The van der Waals surface area contributed by atoms with Crippen LogP contribution in [-0.4, -0.2) is 19.9 Å². The van der Waals surface area contributed by atoms with E-state index in [2.05, 4.69) is 10.1 Å². The van der Waals surface area contributed by atoms with Crippen LogP contribution in [0.1, 0.15) is 28.4 Å². The summed E-state index contributed by atoms with van der Waals surface area (Å²) >= 11 is 5.87. The minimum Gasteiger partial charge on any atom is -0.383 e. The van der Waals surface area contributed by atoms with Gasteiger partial charge in [0.2, 0.25) is 0 Å². The van der Waals surface area contributed by atoms with Crippen LogP contribution in [0.5, 0.6) is 0 Å². The molecule has 0 radical (unpaired) electrons. The molecule has 3 N–H and O–H groups in total. The number of aliphatic hydroxyl groups excluding tert-OH is 1. The highest BCUT2D eigenvalue weighted by molar-refractivity contribution is 6.30. The number of benzene rings is 1. The smallest absolute Gasteiger partial charge is 0.383 e. The van der Waals surface area contributed by atoms with Crippen molar-refractivity contribution in [3.05, 3.63) is 70.1 Å². The molecule has 2 aromatic heterocycles. The standard InChI is InChI=1S/C17H14ClF3N4O/c1-9-2-3-12(5-14(9)17(19,20)21)25-8-10(6-24-25)15(26)13-4-11(18)7-23-16(13)22/h2-8,15,26H,1H3,(H2,22,23). The fourth-order valence-electron chi connectivity index (χ4n) is 2.54. The topological polar surface area (TPSA) is 77.0 Å². The van der Waals surface area contributed by atoms with Gasteiger partial charge in [0.15, 0.2) is 0 Å². The Morgan fingerprint density at radius 1 is 1.23 bits per heavy atom. The van der Waals surface area contributed by atoms with Gasteiger partial charge in [0.05, 0.1) is 22.5 Å². The highest BCUT2D eigenvalue weighted by atomic mass is 35.5. The van der Waals surface area contributed by atoms with Gasteiger partial charge in [-0.25, -0.2) is 9.67 Å². The maximum Gasteiger partial charge on any atom is 0.416 e. The van der Waals surface area contributed by atoms with Crippen molar-refractivity contribution in [2.24, 2.45) is 0 Å². The summed E-state index contributed by atoms with van der Waals surface area (Å²) in [5.74, 6) is 0.101. The van der Waals surface area contributed by atoms with Crippen molar-refractivity contribution in [1.29, 1.82) is 0 Å². The van der Waals surface area contributed by atoms with Gasteiger partial charge < -0.3 is 10.8 Å². The fraction of sp³-hybridized carbons (Fsp3) is 0.176. The number of nitrogens with zero attached hydrogens (tertiary/aromatic N) is 3. The number of alkyl halides is 3. The number of nitrogens with two attached hydrogens (primary N) is 1. The first-order valence-corrected chi connectivity index (χ1v) is 7.86. The van der Waals surface area contributed by atoms with Crippen LogP contribution in [0.25, 0.3) is 5.69 Å². The molecule has 0 saturated heterocycles. The zero-order chi connectivity index (χ0) is 19.1. The number of hydrogen-bond acceptors (Lipinski definition) is 4. The Kier molecular flexibility index (Phi) is 4.64. The molecule has 3 aromatic rings. The second-order valence-corrected chi connectivity index (χ2v) is 6.18. The van der Waals surface area contributed by atoms with Gasteiger partial charge >= 0.3 is 6.18 Å². The highest BCUT2D eigenvalue weighted by Crippen LogP contribution is 2.33. The van der Waals surface area contributed by atoms with E-state index in [1.54, 1.807) is 0 Å². The summed E-state index contributed by atoms with van der Waals surface area (Å²) < 4.78 is 40.5. The monoisotopic (exact) mass is 382 g/mol. The third-order valence-corrected chi connectivity index (χ3v) is 4.13. The van der Waals surface area contributed by atoms with Gasteiger partial charge in [0, 0.05) is 23.5 Å². The Balaban J connectivity index is 1.97. The number of aromatic nitrogens is 3. The molecule has 0 amide bonds. The minimum absolute atomic E-state index is 0.101. The van der Waals surface area contributed by atoms with E-state index >= 15 is 0 Å². The van der Waals surface area contributed by atoms with E-state index in [0.29, 0.717) is 10.6 Å². The Bertz CT molecular complexity index is 955. The van der Waals surface area contributed by atoms with Crippen LogP contribution in [0.4, 0.5) is 19.0 Å². The van der Waals surface area contributed by atoms with E-state index in [4.69, 9.17) is 17.3 Å². The quantitative estimate of drug-likeness (QED) is 0.720. The third-order valence-electron chi connectivity index (χ3n) is 3.92. The molecule has 9 heteroatoms. The molecule has 0 fully saturated rings. The Hall–Kier alpha value is -2.58. The van der Waals surface area contributed by atoms with Gasteiger partial charge in [-0.3, -0.25) is 0 Å². The van der Waals surface area contributed by atoms with Crippen molar-refractivity contribution in [2.45, 2.75) is 19.2 Å². The molecular formula is C17H14ClF3N4O. The number of aliphatic hydroxyl groups is 1. The third kappa shape index (κ3) is 3.51. The maximum atomic E-state index is 13.1. The van der Waals surface area contributed by atoms with Crippen molar-refractivity contribution in [3.8, 4) is 5.69 Å². The molecule has 0 aliphatic heterocycles. The fourth-order valence-corrected chi connectivity index (χ4v) is 2.71. The van der Waals surface area contributed by atoms with Gasteiger partial charge in [-0.15, -0.1) is 0 Å². The number of hydrogen-bond donors (Lipinski definition) is 2. The second-order valence-electron chi connectivity index (χ2n) is 5.75. The van der Waals surface area contributed by atoms with Crippen LogP contribution >= 0.6 is 11.6 Å². The van der Waals surface area contributed by atoms with Gasteiger partial charge in [0.1, 0.15) is 11.9 Å². The average Bonchev–Trinajstić information content (AvgIpc) is 3.06. The first-order valence-electron chi connectivity index (χ1n) is 7.48. The van der Waals surface area contributed by atoms with Crippen LogP contribution in [0.15, 0.2) is 42.9 Å². The molecule has 0 saturated carbocycles. The number of anilines is 1. The second kappa shape index (κ2) is 6.62. The molecular weight excluding hydrogens is 369 g/mol. The van der Waals surface area contributed by atoms with E-state index in [1.807, 2.05) is 0 Å². The van der Waals surface area contributed by atoms with Crippen LogP contribution in [0.3, 0.4) is 0 Å². The van der Waals surface area contributed by atoms with Crippen molar-refractivity contribution < 1.29 is 18.3 Å². The molecule has 0 bridgehead atoms. The SMILES string of the molecule is Cc1ccc(-n2cc(C(O)c3cc(Cl)cnc3N)cn2)cc1C(F)(F)F. The van der Waals surface area contributed by atoms with Crippen LogP contribution in [0, 0.1) is 6.92 Å². The molecule has 2 heterocycles. The van der Waals surface area contributed by atoms with Crippen molar-refractivity contribution in [1.82, 2.24) is 14.8 Å². The summed E-state index contributed by atoms with van der Waals surface area (Å²) in [6, 6.07) is 5.37. The predicted octanol–water partition coefficient (Wildman–Crippen LogP) is 3.91. The Morgan fingerprint density at radius 3 is 2.65 bits per heavy atom. The van der Waals surface area contributed by atoms with E-state index in [1.165, 1.54) is 48.4 Å². The number of halogens is 4. The number of pyridine rings is 1. The molecule has 3 rings (SSSR count). The van der Waals surface area contributed by atoms with E-state index < -0.39 is 17.8 Å². The molecule has 0 spiro atoms. The summed E-state index contributed by atoms with van der Waals surface area (Å²) in [6.07, 6.45) is -1.51. The Morgan fingerprint density at radius 2 is 1.96 bits per heavy atom. The summed E-state index contributed by atoms with van der Waals surface area (Å²) in [5.41, 5.74) is 5.98. The van der Waals surface area contributed by atoms with Gasteiger partial charge in [-0.05, 0) is 30.7 Å². The van der Waals surface area contributed by atoms with Crippen molar-refractivity contribution >= 4 is 17.4 Å². The zero-order valence-corrected chi connectivity index (χ0v) is 14.3. The van der Waals surface area contributed by atoms with E-state index in [-0.39, 0.29) is 22.6 Å². The lowest BCUT2D eigenvalue weighted by atomic mass is 10.1. The lowest BCUT2D eigenvalue weighted by Gasteiger charge is -2.12. The molecule has 26 heavy (non-hydrogen) atoms. The summed E-state index contributed by atoms with van der Waals surface area (Å²) in [4.78, 5) is 3.87. The van der Waals surface area contributed by atoms with Gasteiger partial charge in [-0.2, -0.15) is 18.3 Å². The first-order chi connectivity index (χ1) is 12.2. The molecule has 1 aromatic carbocycles. The zero-order valence-electron chi connectivity index (χ0n) is 13.5. The number of aryl methyl sites for hydroxylation is 1. The summed E-state index contributed by atoms with van der Waals surface area (Å²) in [7, 11) is 0. The lowest BCUT2D eigenvalue weighted by molar-refractivity contribution is -0.138. The normalized spacial score (nSPS) is 13.0. The predicted molar refractivity (Wildman–Crippen MR) is 91.0 cm³/mol.